The summed E-state index contributed by atoms with van der Waals surface area (Å²) in [4.78, 5) is 2.67. The molecule has 1 aliphatic heterocycles. The van der Waals surface area contributed by atoms with Crippen LogP contribution in [0.5, 0.6) is 0 Å². The highest BCUT2D eigenvalue weighted by Crippen LogP contribution is 2.41. The zero-order chi connectivity index (χ0) is 10.8. The largest absolute Gasteiger partial charge is 0.303 e. The lowest BCUT2D eigenvalue weighted by Crippen LogP contribution is -2.24. The van der Waals surface area contributed by atoms with Crippen molar-refractivity contribution in [3.63, 3.8) is 0 Å². The van der Waals surface area contributed by atoms with Crippen molar-refractivity contribution in [1.82, 2.24) is 4.90 Å². The minimum absolute atomic E-state index is 0.938. The zero-order valence-electron chi connectivity index (χ0n) is 10.7. The van der Waals surface area contributed by atoms with Gasteiger partial charge >= 0.3 is 0 Å². The molecular formula is C14H27N. The average molecular weight is 209 g/mol. The fourth-order valence-corrected chi connectivity index (χ4v) is 2.97. The van der Waals surface area contributed by atoms with E-state index in [4.69, 9.17) is 0 Å². The van der Waals surface area contributed by atoms with Crippen LogP contribution in [0.25, 0.3) is 0 Å². The first-order chi connectivity index (χ1) is 7.16. The predicted molar refractivity (Wildman–Crippen MR) is 65.9 cm³/mol. The van der Waals surface area contributed by atoms with Crippen molar-refractivity contribution < 1.29 is 0 Å². The van der Waals surface area contributed by atoms with E-state index in [9.17, 15) is 0 Å². The van der Waals surface area contributed by atoms with E-state index in [2.05, 4.69) is 25.7 Å². The van der Waals surface area contributed by atoms with Gasteiger partial charge in [0.15, 0.2) is 0 Å². The van der Waals surface area contributed by atoms with Gasteiger partial charge in [-0.1, -0.05) is 20.8 Å². The summed E-state index contributed by atoms with van der Waals surface area (Å²) in [5, 5.41) is 0. The van der Waals surface area contributed by atoms with Crippen molar-refractivity contribution >= 4 is 0 Å². The van der Waals surface area contributed by atoms with Gasteiger partial charge in [0.05, 0.1) is 0 Å². The maximum absolute atomic E-state index is 2.67. The molecule has 2 rings (SSSR count). The Morgan fingerprint density at radius 2 is 1.93 bits per heavy atom. The normalized spacial score (nSPS) is 31.8. The highest BCUT2D eigenvalue weighted by Gasteiger charge is 2.31. The van der Waals surface area contributed by atoms with Gasteiger partial charge in [0.2, 0.25) is 0 Å². The van der Waals surface area contributed by atoms with E-state index in [0.29, 0.717) is 0 Å². The minimum Gasteiger partial charge on any atom is -0.303 e. The Morgan fingerprint density at radius 1 is 1.20 bits per heavy atom. The Labute approximate surface area is 95.2 Å². The van der Waals surface area contributed by atoms with Gasteiger partial charge in [0, 0.05) is 6.54 Å². The molecule has 2 aliphatic rings. The van der Waals surface area contributed by atoms with Crippen molar-refractivity contribution in [1.29, 1.82) is 0 Å². The Kier molecular flexibility index (Phi) is 3.71. The number of likely N-dealkylation sites (tertiary alicyclic amines) is 1. The van der Waals surface area contributed by atoms with Crippen LogP contribution in [-0.2, 0) is 0 Å². The molecule has 0 radical (unpaired) electrons. The maximum Gasteiger partial charge on any atom is 0.000750 e. The molecule has 0 amide bonds. The Morgan fingerprint density at radius 3 is 2.47 bits per heavy atom. The van der Waals surface area contributed by atoms with Crippen molar-refractivity contribution in [3.8, 4) is 0 Å². The van der Waals surface area contributed by atoms with Gasteiger partial charge in [-0.25, -0.2) is 0 Å². The van der Waals surface area contributed by atoms with E-state index in [-0.39, 0.29) is 0 Å². The van der Waals surface area contributed by atoms with Crippen LogP contribution >= 0.6 is 0 Å². The minimum atomic E-state index is 0.938. The molecule has 88 valence electrons. The highest BCUT2D eigenvalue weighted by molar-refractivity contribution is 4.82. The van der Waals surface area contributed by atoms with Gasteiger partial charge in [-0.05, 0) is 62.4 Å². The quantitative estimate of drug-likeness (QED) is 0.671. The summed E-state index contributed by atoms with van der Waals surface area (Å²) in [6.07, 6.45) is 5.86. The monoisotopic (exact) mass is 209 g/mol. The van der Waals surface area contributed by atoms with Crippen LogP contribution in [0.1, 0.15) is 46.5 Å². The van der Waals surface area contributed by atoms with Gasteiger partial charge in [-0.15, -0.1) is 0 Å². The highest BCUT2D eigenvalue weighted by atomic mass is 15.1. The van der Waals surface area contributed by atoms with Gasteiger partial charge in [0.1, 0.15) is 0 Å². The third-order valence-electron chi connectivity index (χ3n) is 4.67. The van der Waals surface area contributed by atoms with Crippen molar-refractivity contribution in [2.75, 3.05) is 19.6 Å². The van der Waals surface area contributed by atoms with Crippen molar-refractivity contribution in [2.45, 2.75) is 46.5 Å². The molecule has 2 fully saturated rings. The molecular weight excluding hydrogens is 182 g/mol. The summed E-state index contributed by atoms with van der Waals surface area (Å²) in [7, 11) is 0. The van der Waals surface area contributed by atoms with E-state index in [1.54, 1.807) is 0 Å². The first-order valence-electron chi connectivity index (χ1n) is 6.89. The molecule has 0 bridgehead atoms. The molecule has 0 aromatic rings. The van der Waals surface area contributed by atoms with Crippen LogP contribution < -0.4 is 0 Å². The smallest absolute Gasteiger partial charge is 0.000750 e. The average Bonchev–Trinajstić information content (AvgIpc) is 2.98. The van der Waals surface area contributed by atoms with Gasteiger partial charge < -0.3 is 4.90 Å². The van der Waals surface area contributed by atoms with Crippen molar-refractivity contribution in [2.24, 2.45) is 23.7 Å². The van der Waals surface area contributed by atoms with Crippen molar-refractivity contribution in [3.05, 3.63) is 0 Å². The second-order valence-corrected chi connectivity index (χ2v) is 6.16. The van der Waals surface area contributed by atoms with Crippen LogP contribution in [0.3, 0.4) is 0 Å². The van der Waals surface area contributed by atoms with Gasteiger partial charge in [-0.2, -0.15) is 0 Å². The molecule has 0 aromatic carbocycles. The number of hydrogen-bond acceptors (Lipinski definition) is 1. The molecule has 0 spiro atoms. The van der Waals surface area contributed by atoms with Crippen LogP contribution in [0.15, 0.2) is 0 Å². The summed E-state index contributed by atoms with van der Waals surface area (Å²) < 4.78 is 0. The molecule has 3 unspecified atom stereocenters. The molecule has 1 saturated carbocycles. The fraction of sp³-hybridized carbons (Fsp3) is 1.00. The molecule has 0 N–H and O–H groups in total. The Hall–Kier alpha value is -0.0400. The molecule has 3 atom stereocenters. The number of hydrogen-bond donors (Lipinski definition) is 0. The molecule has 0 aromatic heterocycles. The fourth-order valence-electron chi connectivity index (χ4n) is 2.97. The molecule has 1 heterocycles. The standard InChI is InChI=1S/C14H27N/c1-11-6-8-15(10-11)9-7-12(2)13(3)14-4-5-14/h11-14H,4-10H2,1-3H3. The van der Waals surface area contributed by atoms with Crippen LogP contribution in [0, 0.1) is 23.7 Å². The topological polar surface area (TPSA) is 3.24 Å². The third-order valence-corrected chi connectivity index (χ3v) is 4.67. The summed E-state index contributed by atoms with van der Waals surface area (Å²) >= 11 is 0. The Balaban J connectivity index is 1.64. The summed E-state index contributed by atoms with van der Waals surface area (Å²) in [6, 6.07) is 0. The van der Waals surface area contributed by atoms with E-state index < -0.39 is 0 Å². The second kappa shape index (κ2) is 4.86. The maximum atomic E-state index is 2.67. The molecule has 1 aliphatic carbocycles. The zero-order valence-corrected chi connectivity index (χ0v) is 10.7. The van der Waals surface area contributed by atoms with Crippen LogP contribution in [0.2, 0.25) is 0 Å². The molecule has 1 heteroatoms. The van der Waals surface area contributed by atoms with Crippen LogP contribution in [0.4, 0.5) is 0 Å². The lowest BCUT2D eigenvalue weighted by Gasteiger charge is -2.23. The number of rotatable bonds is 5. The summed E-state index contributed by atoms with van der Waals surface area (Å²) in [5.41, 5.74) is 0. The summed E-state index contributed by atoms with van der Waals surface area (Å²) in [5.74, 6) is 3.94. The lowest BCUT2D eigenvalue weighted by atomic mass is 9.89. The lowest BCUT2D eigenvalue weighted by molar-refractivity contribution is 0.255. The van der Waals surface area contributed by atoms with E-state index in [0.717, 1.165) is 23.7 Å². The Bertz CT molecular complexity index is 198. The predicted octanol–water partition coefficient (Wildman–Crippen LogP) is 3.40. The van der Waals surface area contributed by atoms with E-state index in [1.807, 2.05) is 0 Å². The van der Waals surface area contributed by atoms with Gasteiger partial charge in [0.25, 0.3) is 0 Å². The summed E-state index contributed by atoms with van der Waals surface area (Å²) in [6.45, 7) is 11.4. The van der Waals surface area contributed by atoms with E-state index >= 15 is 0 Å². The van der Waals surface area contributed by atoms with Gasteiger partial charge in [-0.3, -0.25) is 0 Å². The first-order valence-corrected chi connectivity index (χ1v) is 6.89. The third kappa shape index (κ3) is 3.21. The van der Waals surface area contributed by atoms with E-state index in [1.165, 1.54) is 45.3 Å². The molecule has 1 nitrogen and oxygen atoms in total. The molecule has 15 heavy (non-hydrogen) atoms. The number of nitrogens with zero attached hydrogens (tertiary/aromatic N) is 1. The first kappa shape index (κ1) is 11.4. The molecule has 1 saturated heterocycles. The van der Waals surface area contributed by atoms with Crippen LogP contribution in [-0.4, -0.2) is 24.5 Å². The SMILES string of the molecule is CC1CCN(CCC(C)C(C)C2CC2)C1. The second-order valence-electron chi connectivity index (χ2n) is 6.16.